The van der Waals surface area contributed by atoms with Gasteiger partial charge in [0.2, 0.25) is 11.2 Å². The molecule has 1 heterocycles. The van der Waals surface area contributed by atoms with Crippen LogP contribution in [0.1, 0.15) is 40.1 Å². The smallest absolute Gasteiger partial charge is 0.332 e. The highest BCUT2D eigenvalue weighted by atomic mass is 35.5. The van der Waals surface area contributed by atoms with E-state index in [4.69, 9.17) is 21.1 Å². The monoisotopic (exact) mass is 456 g/mol. The van der Waals surface area contributed by atoms with Crippen LogP contribution in [0.25, 0.3) is 0 Å². The van der Waals surface area contributed by atoms with E-state index < -0.39 is 28.9 Å². The Morgan fingerprint density at radius 2 is 1.48 bits per heavy atom. The first-order chi connectivity index (χ1) is 14.9. The summed E-state index contributed by atoms with van der Waals surface area (Å²) in [5, 5.41) is 0.242. The maximum absolute atomic E-state index is 13.7. The lowest BCUT2D eigenvalue weighted by Gasteiger charge is -2.38. The molecule has 2 aromatic carbocycles. The zero-order chi connectivity index (χ0) is 22.3. The van der Waals surface area contributed by atoms with Gasteiger partial charge in [0.15, 0.2) is 5.78 Å². The van der Waals surface area contributed by atoms with Gasteiger partial charge in [0.1, 0.15) is 0 Å². The number of thioether (sulfide) groups is 1. The Labute approximate surface area is 187 Å². The van der Waals surface area contributed by atoms with Crippen LogP contribution in [0.15, 0.2) is 57.8 Å². The molecule has 0 radical (unpaired) electrons. The molecule has 1 aliphatic heterocycles. The lowest BCUT2D eigenvalue weighted by Crippen LogP contribution is -2.52. The number of carbonyl (C=O) groups is 4. The molecule has 0 atom stereocenters. The fourth-order valence-electron chi connectivity index (χ4n) is 3.92. The number of ether oxygens (including phenoxy) is 2. The first-order valence-electron chi connectivity index (χ1n) is 9.63. The second kappa shape index (κ2) is 7.98. The minimum atomic E-state index is -2.26. The van der Waals surface area contributed by atoms with Gasteiger partial charge < -0.3 is 9.47 Å². The van der Waals surface area contributed by atoms with Gasteiger partial charge in [-0.25, -0.2) is 0 Å². The van der Waals surface area contributed by atoms with Crippen molar-refractivity contribution < 1.29 is 28.7 Å². The van der Waals surface area contributed by atoms with Crippen LogP contribution in [0.4, 0.5) is 0 Å². The van der Waals surface area contributed by atoms with Gasteiger partial charge in [-0.2, -0.15) is 0 Å². The van der Waals surface area contributed by atoms with Gasteiger partial charge >= 0.3 is 11.9 Å². The van der Waals surface area contributed by atoms with E-state index >= 15 is 0 Å². The molecular weight excluding hydrogens is 440 g/mol. The molecular formula is C23H17ClO6S. The highest BCUT2D eigenvalue weighted by Crippen LogP contribution is 2.55. The van der Waals surface area contributed by atoms with Crippen molar-refractivity contribution in [2.45, 2.75) is 24.2 Å². The summed E-state index contributed by atoms with van der Waals surface area (Å²) in [5.41, 5.74) is -2.01. The summed E-state index contributed by atoms with van der Waals surface area (Å²) < 4.78 is 10.6. The van der Waals surface area contributed by atoms with Crippen LogP contribution in [-0.2, 0) is 24.5 Å². The summed E-state index contributed by atoms with van der Waals surface area (Å²) in [6.45, 7) is 3.10. The molecule has 4 rings (SSSR count). The number of ketones is 2. The van der Waals surface area contributed by atoms with Gasteiger partial charge in [-0.1, -0.05) is 59.8 Å². The zero-order valence-corrected chi connectivity index (χ0v) is 18.3. The van der Waals surface area contributed by atoms with Crippen molar-refractivity contribution in [3.63, 3.8) is 0 Å². The molecule has 6 nitrogen and oxygen atoms in total. The van der Waals surface area contributed by atoms with E-state index in [1.165, 1.54) is 12.1 Å². The van der Waals surface area contributed by atoms with Crippen LogP contribution in [0.3, 0.4) is 0 Å². The summed E-state index contributed by atoms with van der Waals surface area (Å²) in [7, 11) is 0. The number of hydrogen-bond donors (Lipinski definition) is 0. The van der Waals surface area contributed by atoms with E-state index in [-0.39, 0.29) is 45.4 Å². The number of esters is 2. The standard InChI is InChI=1S/C23H17ClO6S/c1-3-29-21(27)23(22(28)30-4-2)14-10-7-11-15(24)19(14)31-20-16(23)17(25)12-8-5-6-9-13(12)18(20)26/h5-11H,3-4H2,1-2H3. The molecule has 8 heteroatoms. The number of carbonyl (C=O) groups excluding carboxylic acids is 4. The van der Waals surface area contributed by atoms with Crippen molar-refractivity contribution in [3.05, 3.63) is 74.7 Å². The molecule has 158 valence electrons. The van der Waals surface area contributed by atoms with Gasteiger partial charge in [-0.3, -0.25) is 19.2 Å². The minimum Gasteiger partial charge on any atom is -0.465 e. The molecule has 0 amide bonds. The van der Waals surface area contributed by atoms with Gasteiger partial charge in [0, 0.05) is 21.6 Å². The third-order valence-electron chi connectivity index (χ3n) is 5.19. The normalized spacial score (nSPS) is 16.2. The SMILES string of the molecule is CCOC(=O)C1(C(=O)OCC)C2=C(Sc3c(Cl)cccc31)C(=O)c1ccccc1C2=O. The highest BCUT2D eigenvalue weighted by molar-refractivity contribution is 8.04. The molecule has 0 bridgehead atoms. The van der Waals surface area contributed by atoms with Crippen LogP contribution in [0.5, 0.6) is 0 Å². The maximum Gasteiger partial charge on any atom is 0.332 e. The molecule has 0 spiro atoms. The van der Waals surface area contributed by atoms with E-state index in [1.54, 1.807) is 44.2 Å². The summed E-state index contributed by atoms with van der Waals surface area (Å²) in [4.78, 5) is 54.3. The van der Waals surface area contributed by atoms with Gasteiger partial charge in [0.05, 0.1) is 28.7 Å². The Morgan fingerprint density at radius 3 is 2.06 bits per heavy atom. The van der Waals surface area contributed by atoms with Crippen molar-refractivity contribution in [3.8, 4) is 0 Å². The number of halogens is 1. The molecule has 2 aliphatic rings. The van der Waals surface area contributed by atoms with Crippen molar-refractivity contribution in [1.82, 2.24) is 0 Å². The van der Waals surface area contributed by atoms with Crippen LogP contribution in [0.2, 0.25) is 5.02 Å². The molecule has 0 unspecified atom stereocenters. The molecule has 31 heavy (non-hydrogen) atoms. The lowest BCUT2D eigenvalue weighted by atomic mass is 9.68. The molecule has 0 saturated heterocycles. The summed E-state index contributed by atoms with van der Waals surface area (Å²) in [5.74, 6) is -3.02. The average Bonchev–Trinajstić information content (AvgIpc) is 2.76. The van der Waals surface area contributed by atoms with Crippen LogP contribution < -0.4 is 0 Å². The van der Waals surface area contributed by atoms with Crippen molar-refractivity contribution in [2.75, 3.05) is 13.2 Å². The Kier molecular flexibility index (Phi) is 5.49. The Bertz CT molecular complexity index is 1160. The first-order valence-corrected chi connectivity index (χ1v) is 10.8. The number of hydrogen-bond acceptors (Lipinski definition) is 7. The number of rotatable bonds is 4. The Morgan fingerprint density at radius 1 is 0.903 bits per heavy atom. The fraction of sp³-hybridized carbons (Fsp3) is 0.217. The zero-order valence-electron chi connectivity index (χ0n) is 16.7. The van der Waals surface area contributed by atoms with E-state index in [1.807, 2.05) is 0 Å². The average molecular weight is 457 g/mol. The predicted molar refractivity (Wildman–Crippen MR) is 114 cm³/mol. The van der Waals surface area contributed by atoms with Crippen molar-refractivity contribution >= 4 is 46.9 Å². The highest BCUT2D eigenvalue weighted by Gasteiger charge is 2.62. The minimum absolute atomic E-state index is 0.0228. The van der Waals surface area contributed by atoms with E-state index in [0.29, 0.717) is 4.90 Å². The maximum atomic E-state index is 13.7. The Balaban J connectivity index is 2.13. The van der Waals surface area contributed by atoms with Crippen LogP contribution >= 0.6 is 23.4 Å². The second-order valence-electron chi connectivity index (χ2n) is 6.82. The Hall–Kier alpha value is -2.90. The summed E-state index contributed by atoms with van der Waals surface area (Å²) in [6, 6.07) is 11.0. The van der Waals surface area contributed by atoms with E-state index in [9.17, 15) is 19.2 Å². The molecule has 2 aromatic rings. The van der Waals surface area contributed by atoms with Gasteiger partial charge in [0.25, 0.3) is 0 Å². The molecule has 1 aliphatic carbocycles. The molecule has 0 saturated carbocycles. The fourth-order valence-corrected chi connectivity index (χ4v) is 5.46. The van der Waals surface area contributed by atoms with Gasteiger partial charge in [-0.05, 0) is 19.9 Å². The van der Waals surface area contributed by atoms with E-state index in [2.05, 4.69) is 0 Å². The first kappa shape index (κ1) is 21.3. The number of allylic oxidation sites excluding steroid dienone is 1. The van der Waals surface area contributed by atoms with Gasteiger partial charge in [-0.15, -0.1) is 0 Å². The second-order valence-corrected chi connectivity index (χ2v) is 8.25. The molecule has 0 aromatic heterocycles. The number of benzene rings is 2. The number of fused-ring (bicyclic) bond motifs is 2. The predicted octanol–water partition coefficient (Wildman–Crippen LogP) is 4.14. The van der Waals surface area contributed by atoms with Crippen LogP contribution in [-0.4, -0.2) is 36.7 Å². The topological polar surface area (TPSA) is 86.7 Å². The third-order valence-corrected chi connectivity index (χ3v) is 6.85. The number of Topliss-reactive ketones (excluding diaryl/α,β-unsaturated/α-hetero) is 2. The lowest BCUT2D eigenvalue weighted by molar-refractivity contribution is -0.162. The quantitative estimate of drug-likeness (QED) is 0.504. The summed E-state index contributed by atoms with van der Waals surface area (Å²) in [6.07, 6.45) is 0. The third kappa shape index (κ3) is 2.95. The van der Waals surface area contributed by atoms with Crippen molar-refractivity contribution in [1.29, 1.82) is 0 Å². The van der Waals surface area contributed by atoms with Crippen molar-refractivity contribution in [2.24, 2.45) is 0 Å². The largest absolute Gasteiger partial charge is 0.465 e. The van der Waals surface area contributed by atoms with Crippen LogP contribution in [0, 0.1) is 0 Å². The molecule has 0 fully saturated rings. The molecule has 0 N–H and O–H groups in total. The summed E-state index contributed by atoms with van der Waals surface area (Å²) >= 11 is 7.38. The van der Waals surface area contributed by atoms with E-state index in [0.717, 1.165) is 11.8 Å².